The quantitative estimate of drug-likeness (QED) is 0.762. The Hall–Kier alpha value is -1.49. The number of hydrogen-bond donors (Lipinski definition) is 2. The summed E-state index contributed by atoms with van der Waals surface area (Å²) in [5, 5.41) is 0. The summed E-state index contributed by atoms with van der Waals surface area (Å²) in [6.45, 7) is -0.0638. The Balaban J connectivity index is 2.39. The maximum atomic E-state index is 11.1. The molecule has 23 heavy (non-hydrogen) atoms. The van der Waals surface area contributed by atoms with Crippen LogP contribution in [0.1, 0.15) is 17.0 Å². The molecular formula is C17H22NO4P. The fourth-order valence-corrected chi connectivity index (χ4v) is 3.02. The standard InChI is InChI=1S/C17H22NO4P/c1-18(2)16(13-22-23(19,20)21)17(14-9-5-3-6-10-14)15-11-7-4-8-12-15/h3-12,16-17H,13H2,1-2H3,(H2,19,20,21). The maximum Gasteiger partial charge on any atom is 0.469 e. The van der Waals surface area contributed by atoms with Crippen molar-refractivity contribution in [3.8, 4) is 0 Å². The number of nitrogens with zero attached hydrogens (tertiary/aromatic N) is 1. The molecule has 0 saturated heterocycles. The lowest BCUT2D eigenvalue weighted by Gasteiger charge is -2.33. The van der Waals surface area contributed by atoms with E-state index in [1.54, 1.807) is 0 Å². The lowest BCUT2D eigenvalue weighted by molar-refractivity contribution is 0.131. The van der Waals surface area contributed by atoms with E-state index in [0.29, 0.717) is 0 Å². The van der Waals surface area contributed by atoms with Crippen LogP contribution in [-0.2, 0) is 9.09 Å². The molecule has 5 nitrogen and oxygen atoms in total. The van der Waals surface area contributed by atoms with Gasteiger partial charge in [0.1, 0.15) is 0 Å². The second-order valence-electron chi connectivity index (χ2n) is 5.62. The molecule has 1 unspecified atom stereocenters. The second-order valence-corrected chi connectivity index (χ2v) is 6.86. The van der Waals surface area contributed by atoms with Gasteiger partial charge in [0, 0.05) is 12.0 Å². The second kappa shape index (κ2) is 7.86. The number of phosphoric ester groups is 1. The van der Waals surface area contributed by atoms with Crippen molar-refractivity contribution in [1.82, 2.24) is 4.90 Å². The van der Waals surface area contributed by atoms with Crippen molar-refractivity contribution < 1.29 is 18.9 Å². The lowest BCUT2D eigenvalue weighted by Crippen LogP contribution is -2.38. The normalized spacial score (nSPS) is 13.5. The smallest absolute Gasteiger partial charge is 0.303 e. The summed E-state index contributed by atoms with van der Waals surface area (Å²) in [4.78, 5) is 20.0. The van der Waals surface area contributed by atoms with Gasteiger partial charge in [0.15, 0.2) is 0 Å². The molecule has 0 spiro atoms. The van der Waals surface area contributed by atoms with Gasteiger partial charge in [-0.1, -0.05) is 60.7 Å². The molecule has 0 aromatic heterocycles. The van der Waals surface area contributed by atoms with E-state index in [4.69, 9.17) is 14.3 Å². The molecule has 1 atom stereocenters. The Bertz CT molecular complexity index is 603. The van der Waals surface area contributed by atoms with Gasteiger partial charge in [-0.05, 0) is 25.2 Å². The molecule has 0 aliphatic carbocycles. The first-order chi connectivity index (χ1) is 10.9. The molecule has 2 rings (SSSR count). The van der Waals surface area contributed by atoms with Crippen LogP contribution in [0.15, 0.2) is 60.7 Å². The highest BCUT2D eigenvalue weighted by atomic mass is 31.2. The molecule has 2 N–H and O–H groups in total. The van der Waals surface area contributed by atoms with Crippen LogP contribution >= 0.6 is 7.82 Å². The fourth-order valence-electron chi connectivity index (χ4n) is 2.67. The number of hydrogen-bond acceptors (Lipinski definition) is 3. The molecule has 124 valence electrons. The van der Waals surface area contributed by atoms with Gasteiger partial charge in [-0.15, -0.1) is 0 Å². The summed E-state index contributed by atoms with van der Waals surface area (Å²) >= 11 is 0. The number of phosphoric acid groups is 1. The van der Waals surface area contributed by atoms with Crippen molar-refractivity contribution in [2.75, 3.05) is 20.7 Å². The van der Waals surface area contributed by atoms with Crippen LogP contribution < -0.4 is 0 Å². The monoisotopic (exact) mass is 335 g/mol. The van der Waals surface area contributed by atoms with Gasteiger partial charge in [-0.3, -0.25) is 4.52 Å². The van der Waals surface area contributed by atoms with Gasteiger partial charge in [0.2, 0.25) is 0 Å². The van der Waals surface area contributed by atoms with E-state index in [1.165, 1.54) is 0 Å². The van der Waals surface area contributed by atoms with E-state index >= 15 is 0 Å². The zero-order valence-corrected chi connectivity index (χ0v) is 14.1. The summed E-state index contributed by atoms with van der Waals surface area (Å²) < 4.78 is 15.9. The first kappa shape index (κ1) is 17.9. The summed E-state index contributed by atoms with van der Waals surface area (Å²) in [5.74, 6) is -0.0565. The summed E-state index contributed by atoms with van der Waals surface area (Å²) in [5.41, 5.74) is 2.15. The van der Waals surface area contributed by atoms with Crippen LogP contribution in [0.2, 0.25) is 0 Å². The topological polar surface area (TPSA) is 70.0 Å². The van der Waals surface area contributed by atoms with E-state index in [1.807, 2.05) is 79.7 Å². The number of rotatable bonds is 7. The molecule has 0 saturated carbocycles. The minimum Gasteiger partial charge on any atom is -0.303 e. The first-order valence-corrected chi connectivity index (χ1v) is 8.88. The van der Waals surface area contributed by atoms with Crippen LogP contribution in [0, 0.1) is 0 Å². The number of likely N-dealkylation sites (N-methyl/N-ethyl adjacent to an activating group) is 1. The molecule has 0 aliphatic heterocycles. The van der Waals surface area contributed by atoms with Crippen molar-refractivity contribution >= 4 is 7.82 Å². The Labute approximate surface area is 136 Å². The SMILES string of the molecule is CN(C)C(COP(=O)(O)O)C(c1ccccc1)c1ccccc1. The van der Waals surface area contributed by atoms with Gasteiger partial charge >= 0.3 is 7.82 Å². The van der Waals surface area contributed by atoms with Gasteiger partial charge in [-0.25, -0.2) is 4.57 Å². The first-order valence-electron chi connectivity index (χ1n) is 7.35. The van der Waals surface area contributed by atoms with E-state index < -0.39 is 7.82 Å². The van der Waals surface area contributed by atoms with Gasteiger partial charge in [0.25, 0.3) is 0 Å². The minimum atomic E-state index is -4.51. The summed E-state index contributed by atoms with van der Waals surface area (Å²) in [6, 6.07) is 19.6. The average Bonchev–Trinajstić information content (AvgIpc) is 2.52. The highest BCUT2D eigenvalue weighted by Crippen LogP contribution is 2.38. The molecule has 0 amide bonds. The van der Waals surface area contributed by atoms with Crippen LogP contribution in [0.5, 0.6) is 0 Å². The Kier molecular flexibility index (Phi) is 6.10. The molecule has 2 aromatic rings. The largest absolute Gasteiger partial charge is 0.469 e. The third-order valence-corrected chi connectivity index (χ3v) is 4.26. The van der Waals surface area contributed by atoms with E-state index in [2.05, 4.69) is 0 Å². The highest BCUT2D eigenvalue weighted by molar-refractivity contribution is 7.46. The van der Waals surface area contributed by atoms with Gasteiger partial charge in [0.05, 0.1) is 6.61 Å². The summed E-state index contributed by atoms with van der Waals surface area (Å²) in [7, 11) is -0.746. The zero-order valence-electron chi connectivity index (χ0n) is 13.2. The van der Waals surface area contributed by atoms with Crippen molar-refractivity contribution in [1.29, 1.82) is 0 Å². The Morgan fingerprint density at radius 2 is 1.39 bits per heavy atom. The van der Waals surface area contributed by atoms with Crippen molar-refractivity contribution in [3.63, 3.8) is 0 Å². The highest BCUT2D eigenvalue weighted by Gasteiger charge is 2.29. The minimum absolute atomic E-state index is 0.0565. The van der Waals surface area contributed by atoms with E-state index in [0.717, 1.165) is 11.1 Å². The van der Waals surface area contributed by atoms with Crippen molar-refractivity contribution in [2.24, 2.45) is 0 Å². The van der Waals surface area contributed by atoms with Gasteiger partial charge in [-0.2, -0.15) is 0 Å². The van der Waals surface area contributed by atoms with Crippen LogP contribution in [0.25, 0.3) is 0 Å². The third kappa shape index (κ3) is 5.27. The predicted molar refractivity (Wildman–Crippen MR) is 90.2 cm³/mol. The zero-order chi connectivity index (χ0) is 16.9. The van der Waals surface area contributed by atoms with Crippen molar-refractivity contribution in [2.45, 2.75) is 12.0 Å². The molecular weight excluding hydrogens is 313 g/mol. The van der Waals surface area contributed by atoms with Crippen molar-refractivity contribution in [3.05, 3.63) is 71.8 Å². The molecule has 0 bridgehead atoms. The lowest BCUT2D eigenvalue weighted by atomic mass is 9.85. The van der Waals surface area contributed by atoms with Crippen LogP contribution in [-0.4, -0.2) is 41.4 Å². The van der Waals surface area contributed by atoms with Gasteiger partial charge < -0.3 is 14.7 Å². The Morgan fingerprint density at radius 3 is 1.74 bits per heavy atom. The maximum absolute atomic E-state index is 11.1. The molecule has 0 fully saturated rings. The Morgan fingerprint density at radius 1 is 0.957 bits per heavy atom. The molecule has 2 aromatic carbocycles. The molecule has 0 heterocycles. The molecule has 0 aliphatic rings. The number of benzene rings is 2. The fraction of sp³-hybridized carbons (Fsp3) is 0.294. The summed E-state index contributed by atoms with van der Waals surface area (Å²) in [6.07, 6.45) is 0. The van der Waals surface area contributed by atoms with Crippen LogP contribution in [0.3, 0.4) is 0 Å². The average molecular weight is 335 g/mol. The third-order valence-electron chi connectivity index (χ3n) is 3.78. The molecule has 6 heteroatoms. The van der Waals surface area contributed by atoms with E-state index in [-0.39, 0.29) is 18.6 Å². The predicted octanol–water partition coefficient (Wildman–Crippen LogP) is 2.86. The van der Waals surface area contributed by atoms with E-state index in [9.17, 15) is 4.57 Å². The molecule has 0 radical (unpaired) electrons. The van der Waals surface area contributed by atoms with Crippen LogP contribution in [0.4, 0.5) is 0 Å².